The number of carboxylic acid groups (broad SMARTS) is 1. The minimum absolute atomic E-state index is 0.191. The van der Waals surface area contributed by atoms with Gasteiger partial charge in [0.15, 0.2) is 0 Å². The van der Waals surface area contributed by atoms with Crippen LogP contribution in [0.5, 0.6) is 5.75 Å². The molecular formula is C12H16ClNO3. The summed E-state index contributed by atoms with van der Waals surface area (Å²) in [7, 11) is 1.57. The van der Waals surface area contributed by atoms with Crippen LogP contribution in [-0.4, -0.2) is 24.2 Å². The van der Waals surface area contributed by atoms with E-state index >= 15 is 0 Å². The Hall–Kier alpha value is -1.26. The van der Waals surface area contributed by atoms with Crippen molar-refractivity contribution in [2.45, 2.75) is 26.3 Å². The third-order valence-corrected chi connectivity index (χ3v) is 3.07. The van der Waals surface area contributed by atoms with Crippen LogP contribution in [0.4, 0.5) is 0 Å². The Morgan fingerprint density at radius 1 is 1.59 bits per heavy atom. The predicted octanol–water partition coefficient (Wildman–Crippen LogP) is 1.92. The van der Waals surface area contributed by atoms with E-state index in [0.29, 0.717) is 5.02 Å². The molecule has 1 aromatic rings. The minimum atomic E-state index is -1.04. The number of hydrogen-bond acceptors (Lipinski definition) is 3. The Morgan fingerprint density at radius 3 is 2.65 bits per heavy atom. The van der Waals surface area contributed by atoms with Gasteiger partial charge in [0.2, 0.25) is 0 Å². The first kappa shape index (κ1) is 13.8. The zero-order chi connectivity index (χ0) is 13.2. The SMILES string of the molecule is COc1c(C)cc(Cl)c(CC(N)C(=O)O)c1C. The van der Waals surface area contributed by atoms with Crippen LogP contribution < -0.4 is 10.5 Å². The molecule has 0 amide bonds. The van der Waals surface area contributed by atoms with E-state index in [1.54, 1.807) is 13.2 Å². The van der Waals surface area contributed by atoms with Gasteiger partial charge in [0, 0.05) is 11.4 Å². The number of nitrogens with two attached hydrogens (primary N) is 1. The van der Waals surface area contributed by atoms with Crippen molar-refractivity contribution >= 4 is 17.6 Å². The lowest BCUT2D eigenvalue weighted by molar-refractivity contribution is -0.138. The number of hydrogen-bond donors (Lipinski definition) is 2. The maximum Gasteiger partial charge on any atom is 0.320 e. The number of benzene rings is 1. The standard InChI is InChI=1S/C12H16ClNO3/c1-6-4-9(13)8(5-10(14)12(15)16)7(2)11(6)17-3/h4,10H,5,14H2,1-3H3,(H,15,16). The quantitative estimate of drug-likeness (QED) is 0.864. The Balaban J connectivity index is 3.20. The molecule has 0 aliphatic rings. The average Bonchev–Trinajstić information content (AvgIpc) is 2.24. The van der Waals surface area contributed by atoms with E-state index in [-0.39, 0.29) is 6.42 Å². The van der Waals surface area contributed by atoms with Gasteiger partial charge in [0.05, 0.1) is 7.11 Å². The van der Waals surface area contributed by atoms with Gasteiger partial charge in [-0.25, -0.2) is 0 Å². The Kier molecular flexibility index (Phi) is 4.37. The van der Waals surface area contributed by atoms with Gasteiger partial charge in [-0.05, 0) is 36.6 Å². The van der Waals surface area contributed by atoms with Gasteiger partial charge in [-0.3, -0.25) is 4.79 Å². The molecule has 3 N–H and O–H groups in total. The monoisotopic (exact) mass is 257 g/mol. The number of halogens is 1. The van der Waals surface area contributed by atoms with Gasteiger partial charge in [0.25, 0.3) is 0 Å². The van der Waals surface area contributed by atoms with Crippen LogP contribution in [0.1, 0.15) is 16.7 Å². The molecule has 0 radical (unpaired) electrons. The number of ether oxygens (including phenoxy) is 1. The van der Waals surface area contributed by atoms with Gasteiger partial charge in [-0.15, -0.1) is 0 Å². The second-order valence-corrected chi connectivity index (χ2v) is 4.37. The van der Waals surface area contributed by atoms with Crippen molar-refractivity contribution in [3.8, 4) is 5.75 Å². The summed E-state index contributed by atoms with van der Waals surface area (Å²) < 4.78 is 5.27. The molecule has 1 aromatic carbocycles. The predicted molar refractivity (Wildman–Crippen MR) is 66.8 cm³/mol. The lowest BCUT2D eigenvalue weighted by atomic mass is 9.98. The van der Waals surface area contributed by atoms with E-state index in [4.69, 9.17) is 27.2 Å². The molecule has 0 bridgehead atoms. The largest absolute Gasteiger partial charge is 0.496 e. The molecule has 1 atom stereocenters. The normalized spacial score (nSPS) is 12.3. The molecule has 0 fully saturated rings. The van der Waals surface area contributed by atoms with E-state index in [1.807, 2.05) is 13.8 Å². The molecule has 94 valence electrons. The highest BCUT2D eigenvalue weighted by Gasteiger charge is 2.18. The third-order valence-electron chi connectivity index (χ3n) is 2.73. The molecule has 17 heavy (non-hydrogen) atoms. The zero-order valence-corrected chi connectivity index (χ0v) is 10.8. The fourth-order valence-electron chi connectivity index (χ4n) is 1.83. The molecule has 5 heteroatoms. The second-order valence-electron chi connectivity index (χ2n) is 3.96. The topological polar surface area (TPSA) is 72.5 Å². The van der Waals surface area contributed by atoms with Gasteiger partial charge in [-0.1, -0.05) is 11.6 Å². The lowest BCUT2D eigenvalue weighted by Gasteiger charge is -2.16. The van der Waals surface area contributed by atoms with Crippen LogP contribution in [-0.2, 0) is 11.2 Å². The van der Waals surface area contributed by atoms with Crippen LogP contribution >= 0.6 is 11.6 Å². The van der Waals surface area contributed by atoms with E-state index in [0.717, 1.165) is 22.4 Å². The first-order valence-electron chi connectivity index (χ1n) is 5.19. The van der Waals surface area contributed by atoms with E-state index in [2.05, 4.69) is 0 Å². The van der Waals surface area contributed by atoms with Gasteiger partial charge in [0.1, 0.15) is 11.8 Å². The molecular weight excluding hydrogens is 242 g/mol. The zero-order valence-electron chi connectivity index (χ0n) is 10.1. The second kappa shape index (κ2) is 5.38. The highest BCUT2D eigenvalue weighted by molar-refractivity contribution is 6.31. The summed E-state index contributed by atoms with van der Waals surface area (Å²) in [5.41, 5.74) is 8.00. The van der Waals surface area contributed by atoms with Gasteiger partial charge >= 0.3 is 5.97 Å². The van der Waals surface area contributed by atoms with Crippen LogP contribution in [0.3, 0.4) is 0 Å². The fourth-order valence-corrected chi connectivity index (χ4v) is 2.21. The number of carbonyl (C=O) groups is 1. The Labute approximate surface area is 105 Å². The van der Waals surface area contributed by atoms with Gasteiger partial charge in [-0.2, -0.15) is 0 Å². The number of rotatable bonds is 4. The maximum absolute atomic E-state index is 10.7. The van der Waals surface area contributed by atoms with Gasteiger partial charge < -0.3 is 15.6 Å². The van der Waals surface area contributed by atoms with Crippen molar-refractivity contribution in [1.82, 2.24) is 0 Å². The molecule has 4 nitrogen and oxygen atoms in total. The molecule has 1 unspecified atom stereocenters. The van der Waals surface area contributed by atoms with Crippen molar-refractivity contribution in [2.24, 2.45) is 5.73 Å². The fraction of sp³-hybridized carbons (Fsp3) is 0.417. The molecule has 0 heterocycles. The number of methoxy groups -OCH3 is 1. The molecule has 0 aliphatic carbocycles. The molecule has 0 aromatic heterocycles. The maximum atomic E-state index is 10.7. The molecule has 0 saturated heterocycles. The molecule has 1 rings (SSSR count). The van der Waals surface area contributed by atoms with Crippen molar-refractivity contribution in [2.75, 3.05) is 7.11 Å². The highest BCUT2D eigenvalue weighted by atomic mass is 35.5. The Morgan fingerprint density at radius 2 is 2.18 bits per heavy atom. The van der Waals surface area contributed by atoms with Crippen LogP contribution in [0.15, 0.2) is 6.07 Å². The minimum Gasteiger partial charge on any atom is -0.496 e. The van der Waals surface area contributed by atoms with Crippen molar-refractivity contribution < 1.29 is 14.6 Å². The number of aliphatic carboxylic acids is 1. The highest BCUT2D eigenvalue weighted by Crippen LogP contribution is 2.32. The van der Waals surface area contributed by atoms with E-state index in [1.165, 1.54) is 0 Å². The van der Waals surface area contributed by atoms with Crippen molar-refractivity contribution in [3.63, 3.8) is 0 Å². The summed E-state index contributed by atoms with van der Waals surface area (Å²) in [5.74, 6) is -0.318. The number of aryl methyl sites for hydroxylation is 1. The van der Waals surface area contributed by atoms with Crippen molar-refractivity contribution in [3.05, 3.63) is 27.8 Å². The van der Waals surface area contributed by atoms with Crippen LogP contribution in [0, 0.1) is 13.8 Å². The Bertz CT molecular complexity index is 446. The average molecular weight is 258 g/mol. The summed E-state index contributed by atoms with van der Waals surface area (Å²) in [6.07, 6.45) is 0.191. The molecule has 0 saturated carbocycles. The van der Waals surface area contributed by atoms with E-state index < -0.39 is 12.0 Å². The molecule has 0 aliphatic heterocycles. The van der Waals surface area contributed by atoms with Crippen LogP contribution in [0.2, 0.25) is 5.02 Å². The summed E-state index contributed by atoms with van der Waals surface area (Å²) in [6.45, 7) is 3.74. The van der Waals surface area contributed by atoms with Crippen LogP contribution in [0.25, 0.3) is 0 Å². The smallest absolute Gasteiger partial charge is 0.320 e. The summed E-state index contributed by atoms with van der Waals surface area (Å²) in [5, 5.41) is 9.33. The third kappa shape index (κ3) is 2.90. The summed E-state index contributed by atoms with van der Waals surface area (Å²) in [6, 6.07) is 0.802. The van der Waals surface area contributed by atoms with Crippen molar-refractivity contribution in [1.29, 1.82) is 0 Å². The first-order chi connectivity index (χ1) is 7.88. The molecule has 0 spiro atoms. The number of carboxylic acids is 1. The summed E-state index contributed by atoms with van der Waals surface area (Å²) >= 11 is 6.11. The first-order valence-corrected chi connectivity index (χ1v) is 5.57. The van der Waals surface area contributed by atoms with E-state index in [9.17, 15) is 4.79 Å². The lowest BCUT2D eigenvalue weighted by Crippen LogP contribution is -2.32. The summed E-state index contributed by atoms with van der Waals surface area (Å²) in [4.78, 5) is 10.7.